The predicted octanol–water partition coefficient (Wildman–Crippen LogP) is 3.10. The van der Waals surface area contributed by atoms with Gasteiger partial charge in [0.2, 0.25) is 0 Å². The van der Waals surface area contributed by atoms with Gasteiger partial charge >= 0.3 is 0 Å². The lowest BCUT2D eigenvalue weighted by atomic mass is 9.62. The summed E-state index contributed by atoms with van der Waals surface area (Å²) >= 11 is 0. The van der Waals surface area contributed by atoms with Gasteiger partial charge < -0.3 is 5.32 Å². The first-order valence-electron chi connectivity index (χ1n) is 6.21. The summed E-state index contributed by atoms with van der Waals surface area (Å²) in [7, 11) is 0. The number of nitrogens with one attached hydrogen (secondary N) is 1. The fraction of sp³-hybridized carbons (Fsp3) is 0.769. The second-order valence-electron chi connectivity index (χ2n) is 5.23. The molecule has 1 aliphatic heterocycles. The van der Waals surface area contributed by atoms with Crippen molar-refractivity contribution in [3.05, 3.63) is 18.8 Å². The molecule has 1 N–H and O–H groups in total. The quantitative estimate of drug-likeness (QED) is 0.705. The van der Waals surface area contributed by atoms with Gasteiger partial charge in [0.25, 0.3) is 0 Å². The van der Waals surface area contributed by atoms with Gasteiger partial charge in [0.1, 0.15) is 0 Å². The maximum absolute atomic E-state index is 3.31. The van der Waals surface area contributed by atoms with E-state index in [4.69, 9.17) is 0 Å². The maximum atomic E-state index is 3.31. The van der Waals surface area contributed by atoms with E-state index in [2.05, 4.69) is 24.1 Å². The molecule has 0 aromatic heterocycles. The predicted molar refractivity (Wildman–Crippen MR) is 58.2 cm³/mol. The lowest BCUT2D eigenvalue weighted by molar-refractivity contribution is 0.110. The van der Waals surface area contributed by atoms with Crippen molar-refractivity contribution in [1.29, 1.82) is 0 Å². The van der Waals surface area contributed by atoms with E-state index in [1.54, 1.807) is 0 Å². The number of allylic oxidation sites excluding steroid dienone is 1. The molecule has 2 unspecified atom stereocenters. The van der Waals surface area contributed by atoms with Gasteiger partial charge in [0.05, 0.1) is 0 Å². The molecular weight excluding hydrogens is 170 g/mol. The van der Waals surface area contributed by atoms with Crippen molar-refractivity contribution in [2.75, 3.05) is 0 Å². The fourth-order valence-corrected chi connectivity index (χ4v) is 3.14. The summed E-state index contributed by atoms with van der Waals surface area (Å²) in [4.78, 5) is 0. The van der Waals surface area contributed by atoms with Crippen LogP contribution in [0.1, 0.15) is 38.5 Å². The third-order valence-electron chi connectivity index (χ3n) is 4.54. The van der Waals surface area contributed by atoms with E-state index in [0.717, 1.165) is 23.7 Å². The summed E-state index contributed by atoms with van der Waals surface area (Å²) in [5.41, 5.74) is 0. The Bertz CT molecular complexity index is 225. The number of hydrogen-bond donors (Lipinski definition) is 1. The summed E-state index contributed by atoms with van der Waals surface area (Å²) in [6.07, 6.45) is 13.4. The average molecular weight is 190 g/mol. The van der Waals surface area contributed by atoms with Crippen molar-refractivity contribution >= 4 is 0 Å². The molecule has 0 aromatic carbocycles. The zero-order valence-electron chi connectivity index (χ0n) is 8.78. The van der Waals surface area contributed by atoms with Crippen LogP contribution in [0.4, 0.5) is 0 Å². The standard InChI is InChI=1S/C13H20N/c1-3-10(4-1)12-7-8-14-9-13(12)11-5-2-6-11/h7-14H,1-6H2. The zero-order chi connectivity index (χ0) is 9.38. The Morgan fingerprint density at radius 1 is 0.857 bits per heavy atom. The second kappa shape index (κ2) is 3.60. The number of hydrogen-bond acceptors (Lipinski definition) is 1. The Hall–Kier alpha value is -0.460. The van der Waals surface area contributed by atoms with Gasteiger partial charge in [-0.2, -0.15) is 0 Å². The molecule has 0 amide bonds. The van der Waals surface area contributed by atoms with E-state index >= 15 is 0 Å². The van der Waals surface area contributed by atoms with Crippen molar-refractivity contribution in [2.45, 2.75) is 38.5 Å². The molecule has 1 heterocycles. The van der Waals surface area contributed by atoms with Crippen LogP contribution in [-0.4, -0.2) is 0 Å². The van der Waals surface area contributed by atoms with E-state index in [-0.39, 0.29) is 0 Å². The van der Waals surface area contributed by atoms with Crippen LogP contribution >= 0.6 is 0 Å². The zero-order valence-corrected chi connectivity index (χ0v) is 8.78. The molecule has 3 rings (SSSR count). The van der Waals surface area contributed by atoms with Gasteiger partial charge in [-0.1, -0.05) is 31.8 Å². The van der Waals surface area contributed by atoms with E-state index in [1.165, 1.54) is 38.5 Å². The van der Waals surface area contributed by atoms with E-state index < -0.39 is 0 Å². The van der Waals surface area contributed by atoms with Crippen LogP contribution in [0.15, 0.2) is 12.3 Å². The molecule has 1 heteroatoms. The highest BCUT2D eigenvalue weighted by molar-refractivity contribution is 5.07. The molecule has 77 valence electrons. The summed E-state index contributed by atoms with van der Waals surface area (Å²) in [5, 5.41) is 3.31. The van der Waals surface area contributed by atoms with Gasteiger partial charge in [-0.25, -0.2) is 0 Å². The molecule has 2 atom stereocenters. The van der Waals surface area contributed by atoms with Crippen molar-refractivity contribution < 1.29 is 0 Å². The molecule has 14 heavy (non-hydrogen) atoms. The summed E-state index contributed by atoms with van der Waals surface area (Å²) < 4.78 is 0. The van der Waals surface area contributed by atoms with Crippen LogP contribution in [-0.2, 0) is 0 Å². The molecule has 1 nitrogen and oxygen atoms in total. The van der Waals surface area contributed by atoms with Gasteiger partial charge in [0.15, 0.2) is 0 Å². The smallest absolute Gasteiger partial charge is 0.0496 e. The van der Waals surface area contributed by atoms with Gasteiger partial charge in [-0.05, 0) is 42.7 Å². The van der Waals surface area contributed by atoms with Gasteiger partial charge in [-0.15, -0.1) is 0 Å². The fourth-order valence-electron chi connectivity index (χ4n) is 3.14. The third kappa shape index (κ3) is 1.37. The van der Waals surface area contributed by atoms with E-state index in [9.17, 15) is 0 Å². The summed E-state index contributed by atoms with van der Waals surface area (Å²) in [5.74, 6) is 3.72. The SMILES string of the molecule is [CH]1NC=CC(C2CCC2)C1C1CCC1. The van der Waals surface area contributed by atoms with Gasteiger partial charge in [0, 0.05) is 6.54 Å². The Labute approximate surface area is 87.0 Å². The van der Waals surface area contributed by atoms with Crippen LogP contribution in [0.25, 0.3) is 0 Å². The van der Waals surface area contributed by atoms with Crippen LogP contribution in [0, 0.1) is 30.2 Å². The van der Waals surface area contributed by atoms with Gasteiger partial charge in [-0.3, -0.25) is 0 Å². The first kappa shape index (κ1) is 8.82. The minimum absolute atomic E-state index is 0.846. The highest BCUT2D eigenvalue weighted by Crippen LogP contribution is 2.46. The lowest BCUT2D eigenvalue weighted by Gasteiger charge is -2.44. The monoisotopic (exact) mass is 190 g/mol. The first-order chi connectivity index (χ1) is 6.95. The van der Waals surface area contributed by atoms with Crippen LogP contribution in [0.5, 0.6) is 0 Å². The Kier molecular flexibility index (Phi) is 2.27. The topological polar surface area (TPSA) is 12.0 Å². The van der Waals surface area contributed by atoms with E-state index in [0.29, 0.717) is 0 Å². The van der Waals surface area contributed by atoms with Crippen LogP contribution < -0.4 is 5.32 Å². The van der Waals surface area contributed by atoms with Crippen molar-refractivity contribution in [3.8, 4) is 0 Å². The molecule has 0 aromatic rings. The molecule has 3 aliphatic rings. The first-order valence-corrected chi connectivity index (χ1v) is 6.21. The molecule has 0 saturated heterocycles. The molecule has 1 radical (unpaired) electrons. The molecular formula is C13H20N. The Morgan fingerprint density at radius 3 is 2.07 bits per heavy atom. The minimum atomic E-state index is 0.846. The normalized spacial score (nSPS) is 38.6. The number of rotatable bonds is 2. The van der Waals surface area contributed by atoms with Crippen molar-refractivity contribution in [3.63, 3.8) is 0 Å². The summed E-state index contributed by atoms with van der Waals surface area (Å²) in [6.45, 7) is 2.37. The second-order valence-corrected chi connectivity index (χ2v) is 5.23. The Morgan fingerprint density at radius 2 is 1.50 bits per heavy atom. The molecule has 2 aliphatic carbocycles. The molecule has 0 bridgehead atoms. The van der Waals surface area contributed by atoms with Crippen LogP contribution in [0.2, 0.25) is 0 Å². The third-order valence-corrected chi connectivity index (χ3v) is 4.54. The van der Waals surface area contributed by atoms with Crippen molar-refractivity contribution in [2.24, 2.45) is 23.7 Å². The van der Waals surface area contributed by atoms with Crippen LogP contribution in [0.3, 0.4) is 0 Å². The molecule has 0 spiro atoms. The molecule has 2 fully saturated rings. The molecule has 2 saturated carbocycles. The largest absolute Gasteiger partial charge is 0.386 e. The summed E-state index contributed by atoms with van der Waals surface area (Å²) in [6, 6.07) is 0. The maximum Gasteiger partial charge on any atom is 0.0496 e. The van der Waals surface area contributed by atoms with E-state index in [1.807, 2.05) is 0 Å². The highest BCUT2D eigenvalue weighted by atomic mass is 14.9. The highest BCUT2D eigenvalue weighted by Gasteiger charge is 2.38. The van der Waals surface area contributed by atoms with Crippen molar-refractivity contribution in [1.82, 2.24) is 5.32 Å². The minimum Gasteiger partial charge on any atom is -0.386 e. The lowest BCUT2D eigenvalue weighted by Crippen LogP contribution is -2.39. The average Bonchev–Trinajstić information content (AvgIpc) is 2.01. The Balaban J connectivity index is 1.69.